The molecule has 3 aromatic rings. The smallest absolute Gasteiger partial charge is 0.244 e. The highest BCUT2D eigenvalue weighted by molar-refractivity contribution is 7.92. The Morgan fingerprint density at radius 3 is 2.13 bits per heavy atom. The van der Waals surface area contributed by atoms with Gasteiger partial charge in [0.15, 0.2) is 0 Å². The fourth-order valence-corrected chi connectivity index (χ4v) is 5.45. The van der Waals surface area contributed by atoms with Gasteiger partial charge < -0.3 is 10.2 Å². The van der Waals surface area contributed by atoms with Gasteiger partial charge in [0, 0.05) is 24.5 Å². The second-order valence-corrected chi connectivity index (χ2v) is 11.7. The molecule has 9 heteroatoms. The lowest BCUT2D eigenvalue weighted by Crippen LogP contribution is -2.53. The third-order valence-electron chi connectivity index (χ3n) is 6.44. The molecule has 0 bridgehead atoms. The number of rotatable bonds is 13. The van der Waals surface area contributed by atoms with Crippen LogP contribution in [0.4, 0.5) is 5.69 Å². The summed E-state index contributed by atoms with van der Waals surface area (Å²) in [6.07, 6.45) is 2.67. The molecule has 0 heterocycles. The number of halogens is 1. The van der Waals surface area contributed by atoms with Crippen LogP contribution < -0.4 is 9.62 Å². The second kappa shape index (κ2) is 14.1. The number of anilines is 1. The zero-order valence-corrected chi connectivity index (χ0v) is 24.2. The number of nitrogens with one attached hydrogen (secondary N) is 1. The Balaban J connectivity index is 2.07. The molecule has 208 valence electrons. The van der Waals surface area contributed by atoms with Crippen molar-refractivity contribution in [3.8, 4) is 0 Å². The first-order valence-electron chi connectivity index (χ1n) is 13.1. The highest BCUT2D eigenvalue weighted by Crippen LogP contribution is 2.25. The third-order valence-corrected chi connectivity index (χ3v) is 7.93. The van der Waals surface area contributed by atoms with Gasteiger partial charge in [-0.1, -0.05) is 92.2 Å². The molecule has 39 heavy (non-hydrogen) atoms. The van der Waals surface area contributed by atoms with Crippen LogP contribution in [0.5, 0.6) is 0 Å². The van der Waals surface area contributed by atoms with Gasteiger partial charge in [-0.25, -0.2) is 8.42 Å². The minimum absolute atomic E-state index is 0.0442. The first-order chi connectivity index (χ1) is 18.7. The van der Waals surface area contributed by atoms with Crippen LogP contribution in [0.25, 0.3) is 0 Å². The minimum Gasteiger partial charge on any atom is -0.354 e. The van der Waals surface area contributed by atoms with Crippen LogP contribution in [0, 0.1) is 0 Å². The lowest BCUT2D eigenvalue weighted by atomic mass is 10.0. The summed E-state index contributed by atoms with van der Waals surface area (Å²) in [5.41, 5.74) is 2.79. The van der Waals surface area contributed by atoms with Gasteiger partial charge in [-0.3, -0.25) is 13.9 Å². The number of aryl methyl sites for hydroxylation is 1. The van der Waals surface area contributed by atoms with Gasteiger partial charge in [0.25, 0.3) is 0 Å². The Bertz CT molecular complexity index is 1370. The molecule has 0 saturated carbocycles. The SMILES string of the molecule is CCCNC(=O)C(Cc1ccccc1)N(Cc1ccccc1Cl)C(=O)CN(c1ccccc1CC)S(C)(=O)=O. The molecule has 2 amide bonds. The normalized spacial score (nSPS) is 12.0. The van der Waals surface area contributed by atoms with Crippen molar-refractivity contribution >= 4 is 39.1 Å². The number of sulfonamides is 1. The maximum absolute atomic E-state index is 14.1. The van der Waals surface area contributed by atoms with Crippen LogP contribution in [0.2, 0.25) is 5.02 Å². The largest absolute Gasteiger partial charge is 0.354 e. The summed E-state index contributed by atoms with van der Waals surface area (Å²) in [4.78, 5) is 29.1. The van der Waals surface area contributed by atoms with E-state index in [4.69, 9.17) is 11.6 Å². The molecule has 3 rings (SSSR count). The zero-order valence-electron chi connectivity index (χ0n) is 22.6. The summed E-state index contributed by atoms with van der Waals surface area (Å²) in [6.45, 7) is 3.93. The van der Waals surface area contributed by atoms with Crippen molar-refractivity contribution in [2.75, 3.05) is 23.7 Å². The topological polar surface area (TPSA) is 86.8 Å². The standard InChI is InChI=1S/C30H36ClN3O4S/c1-4-19-32-30(36)28(20-23-13-7-6-8-14-23)33(21-25-16-9-11-17-26(25)31)29(35)22-34(39(3,37)38)27-18-12-10-15-24(27)5-2/h6-18,28H,4-5,19-22H2,1-3H3,(H,32,36). The molecule has 1 N–H and O–H groups in total. The van der Waals surface area contributed by atoms with Crippen LogP contribution in [0.15, 0.2) is 78.9 Å². The van der Waals surface area contributed by atoms with E-state index in [1.54, 1.807) is 30.3 Å². The zero-order chi connectivity index (χ0) is 28.4. The summed E-state index contributed by atoms with van der Waals surface area (Å²) in [5.74, 6) is -0.806. The van der Waals surface area contributed by atoms with Crippen LogP contribution in [-0.4, -0.2) is 50.5 Å². The molecule has 0 spiro atoms. The van der Waals surface area contributed by atoms with Gasteiger partial charge >= 0.3 is 0 Å². The molecular formula is C30H36ClN3O4S. The van der Waals surface area contributed by atoms with E-state index in [9.17, 15) is 18.0 Å². The Morgan fingerprint density at radius 1 is 0.897 bits per heavy atom. The van der Waals surface area contributed by atoms with Crippen molar-refractivity contribution in [1.82, 2.24) is 10.2 Å². The lowest BCUT2D eigenvalue weighted by molar-refractivity contribution is -0.140. The summed E-state index contributed by atoms with van der Waals surface area (Å²) in [5, 5.41) is 3.38. The number of para-hydroxylation sites is 1. The number of carbonyl (C=O) groups excluding carboxylic acids is 2. The van der Waals surface area contributed by atoms with Crippen molar-refractivity contribution in [3.63, 3.8) is 0 Å². The van der Waals surface area contributed by atoms with Crippen LogP contribution in [0.1, 0.15) is 37.0 Å². The highest BCUT2D eigenvalue weighted by Gasteiger charge is 2.33. The monoisotopic (exact) mass is 569 g/mol. The Labute approximate surface area is 236 Å². The van der Waals surface area contributed by atoms with Gasteiger partial charge in [-0.2, -0.15) is 0 Å². The Morgan fingerprint density at radius 2 is 1.51 bits per heavy atom. The van der Waals surface area contributed by atoms with E-state index in [0.717, 1.165) is 28.1 Å². The van der Waals surface area contributed by atoms with Gasteiger partial charge in [0.05, 0.1) is 11.9 Å². The molecule has 0 aromatic heterocycles. The lowest BCUT2D eigenvalue weighted by Gasteiger charge is -2.34. The number of hydrogen-bond donors (Lipinski definition) is 1. The third kappa shape index (κ3) is 8.31. The first kappa shape index (κ1) is 30.2. The second-order valence-electron chi connectivity index (χ2n) is 9.36. The van der Waals surface area contributed by atoms with E-state index in [1.165, 1.54) is 4.90 Å². The van der Waals surface area contributed by atoms with Gasteiger partial charge in [-0.05, 0) is 41.7 Å². The Hall–Kier alpha value is -3.36. The molecule has 0 aliphatic rings. The average Bonchev–Trinajstić information content (AvgIpc) is 2.93. The van der Waals surface area contributed by atoms with E-state index in [0.29, 0.717) is 29.2 Å². The first-order valence-corrected chi connectivity index (χ1v) is 15.3. The minimum atomic E-state index is -3.82. The molecular weight excluding hydrogens is 534 g/mol. The molecule has 1 unspecified atom stereocenters. The van der Waals surface area contributed by atoms with Crippen molar-refractivity contribution in [2.24, 2.45) is 0 Å². The quantitative estimate of drug-likeness (QED) is 0.319. The van der Waals surface area contributed by atoms with Crippen LogP contribution in [0.3, 0.4) is 0 Å². The summed E-state index contributed by atoms with van der Waals surface area (Å²) in [7, 11) is -3.82. The van der Waals surface area contributed by atoms with Crippen molar-refractivity contribution < 1.29 is 18.0 Å². The number of carbonyl (C=O) groups is 2. The molecule has 7 nitrogen and oxygen atoms in total. The van der Waals surface area contributed by atoms with Crippen LogP contribution in [-0.2, 0) is 39.0 Å². The maximum Gasteiger partial charge on any atom is 0.244 e. The number of nitrogens with zero attached hydrogens (tertiary/aromatic N) is 2. The summed E-state index contributed by atoms with van der Waals surface area (Å²) < 4.78 is 27.0. The molecule has 3 aromatic carbocycles. The van der Waals surface area contributed by atoms with Gasteiger partial charge in [0.2, 0.25) is 21.8 Å². The number of amides is 2. The highest BCUT2D eigenvalue weighted by atomic mass is 35.5. The fraction of sp³-hybridized carbons (Fsp3) is 0.333. The van der Waals surface area contributed by atoms with Gasteiger partial charge in [-0.15, -0.1) is 0 Å². The summed E-state index contributed by atoms with van der Waals surface area (Å²) in [6, 6.07) is 22.8. The summed E-state index contributed by atoms with van der Waals surface area (Å²) >= 11 is 6.47. The molecule has 0 fully saturated rings. The predicted octanol–water partition coefficient (Wildman–Crippen LogP) is 4.83. The Kier molecular flexibility index (Phi) is 10.9. The molecule has 0 aliphatic heterocycles. The molecule has 0 aliphatic carbocycles. The van der Waals surface area contributed by atoms with Crippen molar-refractivity contribution in [3.05, 3.63) is 101 Å². The predicted molar refractivity (Wildman–Crippen MR) is 157 cm³/mol. The van der Waals surface area contributed by atoms with E-state index in [1.807, 2.05) is 62.4 Å². The molecule has 0 radical (unpaired) electrons. The fourth-order valence-electron chi connectivity index (χ4n) is 4.38. The number of hydrogen-bond acceptors (Lipinski definition) is 4. The van der Waals surface area contributed by atoms with E-state index in [-0.39, 0.29) is 18.9 Å². The maximum atomic E-state index is 14.1. The molecule has 1 atom stereocenters. The molecule has 0 saturated heterocycles. The van der Waals surface area contributed by atoms with E-state index < -0.39 is 28.5 Å². The van der Waals surface area contributed by atoms with E-state index >= 15 is 0 Å². The van der Waals surface area contributed by atoms with E-state index in [2.05, 4.69) is 5.32 Å². The van der Waals surface area contributed by atoms with Crippen molar-refractivity contribution in [2.45, 2.75) is 45.7 Å². The van der Waals surface area contributed by atoms with Crippen LogP contribution >= 0.6 is 11.6 Å². The number of benzene rings is 3. The van der Waals surface area contributed by atoms with Gasteiger partial charge in [0.1, 0.15) is 12.6 Å². The average molecular weight is 570 g/mol. The van der Waals surface area contributed by atoms with Crippen molar-refractivity contribution in [1.29, 1.82) is 0 Å².